The molecule has 5 heteroatoms. The number of H-pyrrole nitrogens is 1. The first kappa shape index (κ1) is 14.4. The van der Waals surface area contributed by atoms with Gasteiger partial charge in [-0.25, -0.2) is 4.98 Å². The Kier molecular flexibility index (Phi) is 4.29. The number of rotatable bonds is 4. The lowest BCUT2D eigenvalue weighted by Gasteiger charge is -2.21. The van der Waals surface area contributed by atoms with Crippen molar-refractivity contribution < 1.29 is 0 Å². The maximum absolute atomic E-state index is 12.1. The van der Waals surface area contributed by atoms with Crippen molar-refractivity contribution in [3.05, 3.63) is 57.5 Å². The molecule has 0 aromatic carbocycles. The maximum Gasteiger partial charge on any atom is 0.255 e. The van der Waals surface area contributed by atoms with Crippen molar-refractivity contribution >= 4 is 0 Å². The molecule has 20 heavy (non-hydrogen) atoms. The molecule has 2 atom stereocenters. The Labute approximate surface area is 118 Å². The summed E-state index contributed by atoms with van der Waals surface area (Å²) in [6, 6.07) is 3.99. The van der Waals surface area contributed by atoms with E-state index in [9.17, 15) is 4.79 Å². The second-order valence-corrected chi connectivity index (χ2v) is 5.04. The van der Waals surface area contributed by atoms with Crippen LogP contribution in [0.5, 0.6) is 0 Å². The Bertz CT molecular complexity index is 636. The highest BCUT2D eigenvalue weighted by Crippen LogP contribution is 2.18. The van der Waals surface area contributed by atoms with Gasteiger partial charge >= 0.3 is 0 Å². The average molecular weight is 272 g/mol. The fourth-order valence-electron chi connectivity index (χ4n) is 2.45. The molecule has 0 amide bonds. The predicted octanol–water partition coefficient (Wildman–Crippen LogP) is 2.19. The zero-order valence-corrected chi connectivity index (χ0v) is 12.3. The standard InChI is InChI=1S/C15H20N4O/c1-9(13-5-7-16-8-6-13)17-10(2)14-11(3)18-12(4)19-15(14)20/h5-10,17H,1-4H3,(H,18,19,20)/t9-,10?/m0/s1. The zero-order valence-electron chi connectivity index (χ0n) is 12.3. The Morgan fingerprint density at radius 3 is 2.40 bits per heavy atom. The number of nitrogens with zero attached hydrogens (tertiary/aromatic N) is 2. The largest absolute Gasteiger partial charge is 0.310 e. The monoisotopic (exact) mass is 272 g/mol. The van der Waals surface area contributed by atoms with Gasteiger partial charge in [0.2, 0.25) is 0 Å². The smallest absolute Gasteiger partial charge is 0.255 e. The van der Waals surface area contributed by atoms with Crippen LogP contribution in [0, 0.1) is 13.8 Å². The molecule has 2 aromatic heterocycles. The first-order valence-corrected chi connectivity index (χ1v) is 6.72. The minimum atomic E-state index is -0.0741. The number of aromatic nitrogens is 3. The van der Waals surface area contributed by atoms with Gasteiger partial charge in [-0.15, -0.1) is 0 Å². The molecule has 0 radical (unpaired) electrons. The molecule has 0 spiro atoms. The van der Waals surface area contributed by atoms with Crippen LogP contribution in [0.1, 0.15) is 48.6 Å². The maximum atomic E-state index is 12.1. The molecule has 0 saturated heterocycles. The molecule has 0 aliphatic heterocycles. The number of hydrogen-bond acceptors (Lipinski definition) is 4. The van der Waals surface area contributed by atoms with E-state index in [4.69, 9.17) is 0 Å². The summed E-state index contributed by atoms with van der Waals surface area (Å²) in [5.41, 5.74) is 2.53. The van der Waals surface area contributed by atoms with Gasteiger partial charge in [-0.3, -0.25) is 9.78 Å². The summed E-state index contributed by atoms with van der Waals surface area (Å²) in [6.45, 7) is 7.70. The summed E-state index contributed by atoms with van der Waals surface area (Å²) in [5.74, 6) is 0.644. The number of aromatic amines is 1. The molecule has 5 nitrogen and oxygen atoms in total. The predicted molar refractivity (Wildman–Crippen MR) is 78.5 cm³/mol. The molecule has 0 fully saturated rings. The topological polar surface area (TPSA) is 70.7 Å². The Morgan fingerprint density at radius 2 is 1.80 bits per heavy atom. The molecule has 0 saturated carbocycles. The molecule has 0 aliphatic carbocycles. The average Bonchev–Trinajstić information content (AvgIpc) is 2.38. The molecule has 2 aromatic rings. The summed E-state index contributed by atoms with van der Waals surface area (Å²) >= 11 is 0. The van der Waals surface area contributed by atoms with Gasteiger partial charge in [-0.1, -0.05) is 0 Å². The van der Waals surface area contributed by atoms with Crippen LogP contribution in [0.25, 0.3) is 0 Å². The summed E-state index contributed by atoms with van der Waals surface area (Å²) in [7, 11) is 0. The van der Waals surface area contributed by atoms with Crippen LogP contribution in [0.2, 0.25) is 0 Å². The van der Waals surface area contributed by atoms with Crippen molar-refractivity contribution in [2.24, 2.45) is 0 Å². The van der Waals surface area contributed by atoms with Crippen LogP contribution in [0.4, 0.5) is 0 Å². The van der Waals surface area contributed by atoms with E-state index in [1.807, 2.05) is 26.0 Å². The number of aryl methyl sites for hydroxylation is 2. The lowest BCUT2D eigenvalue weighted by molar-refractivity contribution is 0.487. The Hall–Kier alpha value is -2.01. The fraction of sp³-hybridized carbons (Fsp3) is 0.400. The molecule has 2 heterocycles. The van der Waals surface area contributed by atoms with Gasteiger partial charge in [0.25, 0.3) is 5.56 Å². The third kappa shape index (κ3) is 3.11. The summed E-state index contributed by atoms with van der Waals surface area (Å²) < 4.78 is 0. The van der Waals surface area contributed by atoms with Gasteiger partial charge in [0.05, 0.1) is 5.56 Å². The highest BCUT2D eigenvalue weighted by Gasteiger charge is 2.17. The molecule has 2 rings (SSSR count). The lowest BCUT2D eigenvalue weighted by atomic mass is 10.1. The van der Waals surface area contributed by atoms with Gasteiger partial charge in [0.15, 0.2) is 0 Å². The van der Waals surface area contributed by atoms with E-state index >= 15 is 0 Å². The first-order chi connectivity index (χ1) is 9.49. The Morgan fingerprint density at radius 1 is 1.15 bits per heavy atom. The van der Waals surface area contributed by atoms with E-state index in [1.165, 1.54) is 0 Å². The van der Waals surface area contributed by atoms with Crippen molar-refractivity contribution in [3.63, 3.8) is 0 Å². The molecule has 0 bridgehead atoms. The van der Waals surface area contributed by atoms with Crippen LogP contribution in [-0.4, -0.2) is 15.0 Å². The number of nitrogens with one attached hydrogen (secondary N) is 2. The van der Waals surface area contributed by atoms with Gasteiger partial charge in [-0.2, -0.15) is 0 Å². The van der Waals surface area contributed by atoms with Crippen LogP contribution in [0.15, 0.2) is 29.3 Å². The SMILES string of the molecule is Cc1nc(C)c(C(C)N[C@@H](C)c2ccncc2)c(=O)[nH]1. The lowest BCUT2D eigenvalue weighted by Crippen LogP contribution is -2.29. The van der Waals surface area contributed by atoms with Crippen molar-refractivity contribution in [2.75, 3.05) is 0 Å². The van der Waals surface area contributed by atoms with Crippen LogP contribution >= 0.6 is 0 Å². The van der Waals surface area contributed by atoms with Crippen molar-refractivity contribution in [1.82, 2.24) is 20.3 Å². The van der Waals surface area contributed by atoms with E-state index in [0.29, 0.717) is 11.4 Å². The fourth-order valence-corrected chi connectivity index (χ4v) is 2.45. The molecule has 1 unspecified atom stereocenters. The van der Waals surface area contributed by atoms with E-state index in [-0.39, 0.29) is 17.6 Å². The summed E-state index contributed by atoms with van der Waals surface area (Å²) in [4.78, 5) is 23.2. The van der Waals surface area contributed by atoms with Crippen LogP contribution < -0.4 is 10.9 Å². The zero-order chi connectivity index (χ0) is 14.7. The molecule has 106 valence electrons. The number of pyridine rings is 1. The molecular formula is C15H20N4O. The quantitative estimate of drug-likeness (QED) is 0.895. The van der Waals surface area contributed by atoms with Crippen molar-refractivity contribution in [1.29, 1.82) is 0 Å². The highest BCUT2D eigenvalue weighted by molar-refractivity contribution is 5.21. The van der Waals surface area contributed by atoms with E-state index in [1.54, 1.807) is 19.3 Å². The minimum absolute atomic E-state index is 0.0723. The first-order valence-electron chi connectivity index (χ1n) is 6.72. The van der Waals surface area contributed by atoms with Crippen molar-refractivity contribution in [2.45, 2.75) is 39.8 Å². The van der Waals surface area contributed by atoms with E-state index < -0.39 is 0 Å². The number of hydrogen-bond donors (Lipinski definition) is 2. The minimum Gasteiger partial charge on any atom is -0.310 e. The van der Waals surface area contributed by atoms with E-state index in [0.717, 1.165) is 11.3 Å². The highest BCUT2D eigenvalue weighted by atomic mass is 16.1. The normalized spacial score (nSPS) is 14.0. The second-order valence-electron chi connectivity index (χ2n) is 5.04. The van der Waals surface area contributed by atoms with Gasteiger partial charge in [-0.05, 0) is 45.4 Å². The second kappa shape index (κ2) is 5.96. The van der Waals surface area contributed by atoms with Crippen LogP contribution in [0.3, 0.4) is 0 Å². The molecule has 0 aliphatic rings. The third-order valence-corrected chi connectivity index (χ3v) is 3.40. The molecule has 2 N–H and O–H groups in total. The summed E-state index contributed by atoms with van der Waals surface area (Å²) in [6.07, 6.45) is 3.54. The molecular weight excluding hydrogens is 252 g/mol. The van der Waals surface area contributed by atoms with Crippen molar-refractivity contribution in [3.8, 4) is 0 Å². The Balaban J connectivity index is 2.21. The third-order valence-electron chi connectivity index (χ3n) is 3.40. The van der Waals surface area contributed by atoms with Gasteiger partial charge in [0.1, 0.15) is 5.82 Å². The van der Waals surface area contributed by atoms with E-state index in [2.05, 4.69) is 27.2 Å². The summed E-state index contributed by atoms with van der Waals surface area (Å²) in [5, 5.41) is 3.43. The van der Waals surface area contributed by atoms with Crippen LogP contribution in [-0.2, 0) is 0 Å². The van der Waals surface area contributed by atoms with Gasteiger partial charge < -0.3 is 10.3 Å². The van der Waals surface area contributed by atoms with Gasteiger partial charge in [0, 0.05) is 30.2 Å².